The first-order valence-corrected chi connectivity index (χ1v) is 5.49. The van der Waals surface area contributed by atoms with Crippen molar-refractivity contribution in [1.29, 1.82) is 0 Å². The fourth-order valence-corrected chi connectivity index (χ4v) is 2.13. The fraction of sp³-hybridized carbons (Fsp3) is 0.385. The minimum absolute atomic E-state index is 0.719. The lowest BCUT2D eigenvalue weighted by Crippen LogP contribution is -2.26. The van der Waals surface area contributed by atoms with Gasteiger partial charge < -0.3 is 4.90 Å². The van der Waals surface area contributed by atoms with Crippen LogP contribution in [0.2, 0.25) is 0 Å². The maximum Gasteiger partial charge on any atom is 0.153 e. The maximum absolute atomic E-state index is 4.12. The lowest BCUT2D eigenvalue weighted by atomic mass is 9.97. The van der Waals surface area contributed by atoms with Crippen LogP contribution in [0.4, 0.5) is 0 Å². The summed E-state index contributed by atoms with van der Waals surface area (Å²) in [5.74, 6) is 0.719. The van der Waals surface area contributed by atoms with E-state index >= 15 is 0 Å². The van der Waals surface area contributed by atoms with E-state index in [4.69, 9.17) is 0 Å². The first kappa shape index (κ1) is 11.0. The molecule has 16 heavy (non-hydrogen) atoms. The minimum Gasteiger partial charge on any atom is -0.302 e. The first-order chi connectivity index (χ1) is 7.74. The van der Waals surface area contributed by atoms with E-state index < -0.39 is 0 Å². The van der Waals surface area contributed by atoms with Gasteiger partial charge in [-0.2, -0.15) is 0 Å². The van der Waals surface area contributed by atoms with Gasteiger partial charge in [-0.3, -0.25) is 4.99 Å². The smallest absolute Gasteiger partial charge is 0.153 e. The molecule has 1 aliphatic heterocycles. The molecule has 0 unspecified atom stereocenters. The van der Waals surface area contributed by atoms with E-state index in [1.807, 2.05) is 0 Å². The fourth-order valence-electron chi connectivity index (χ4n) is 2.13. The van der Waals surface area contributed by atoms with E-state index in [2.05, 4.69) is 46.8 Å². The zero-order valence-electron chi connectivity index (χ0n) is 9.90. The SMILES string of the molecule is C=N/C(=N\C)c1ccc2c(c1)CN(C)CC2. The third-order valence-corrected chi connectivity index (χ3v) is 3.03. The predicted molar refractivity (Wildman–Crippen MR) is 68.5 cm³/mol. The molecule has 0 radical (unpaired) electrons. The van der Waals surface area contributed by atoms with Crippen LogP contribution in [0, 0.1) is 0 Å². The molecule has 1 aromatic carbocycles. The molecule has 0 N–H and O–H groups in total. The molecule has 0 spiro atoms. The summed E-state index contributed by atoms with van der Waals surface area (Å²) in [6, 6.07) is 6.46. The molecule has 0 atom stereocenters. The zero-order chi connectivity index (χ0) is 11.5. The number of fused-ring (bicyclic) bond motifs is 1. The number of amidine groups is 1. The molecule has 1 heterocycles. The summed E-state index contributed by atoms with van der Waals surface area (Å²) >= 11 is 0. The molecule has 0 bridgehead atoms. The molecule has 3 nitrogen and oxygen atoms in total. The molecular formula is C13H17N3. The van der Waals surface area contributed by atoms with Crippen LogP contribution in [0.5, 0.6) is 0 Å². The first-order valence-electron chi connectivity index (χ1n) is 5.49. The topological polar surface area (TPSA) is 28.0 Å². The summed E-state index contributed by atoms with van der Waals surface area (Å²) in [5.41, 5.74) is 3.89. The third kappa shape index (κ3) is 2.04. The van der Waals surface area contributed by atoms with Crippen molar-refractivity contribution in [3.05, 3.63) is 34.9 Å². The average Bonchev–Trinajstić information content (AvgIpc) is 2.30. The largest absolute Gasteiger partial charge is 0.302 e. The molecule has 0 saturated heterocycles. The Bertz CT molecular complexity index is 435. The van der Waals surface area contributed by atoms with Crippen LogP contribution in [0.15, 0.2) is 28.2 Å². The third-order valence-electron chi connectivity index (χ3n) is 3.03. The highest BCUT2D eigenvalue weighted by Crippen LogP contribution is 2.19. The summed E-state index contributed by atoms with van der Waals surface area (Å²) < 4.78 is 0. The molecule has 0 aliphatic carbocycles. The molecule has 3 heteroatoms. The van der Waals surface area contributed by atoms with Gasteiger partial charge in [0.2, 0.25) is 0 Å². The Morgan fingerprint density at radius 1 is 1.38 bits per heavy atom. The molecule has 0 amide bonds. The number of rotatable bonds is 1. The van der Waals surface area contributed by atoms with Gasteiger partial charge in [-0.25, -0.2) is 4.99 Å². The zero-order valence-corrected chi connectivity index (χ0v) is 9.90. The van der Waals surface area contributed by atoms with Crippen LogP contribution >= 0.6 is 0 Å². The van der Waals surface area contributed by atoms with Crippen molar-refractivity contribution in [2.45, 2.75) is 13.0 Å². The van der Waals surface area contributed by atoms with Crippen molar-refractivity contribution < 1.29 is 0 Å². The number of likely N-dealkylation sites (N-methyl/N-ethyl adjacent to an activating group) is 1. The lowest BCUT2D eigenvalue weighted by Gasteiger charge is -2.25. The number of hydrogen-bond acceptors (Lipinski definition) is 2. The van der Waals surface area contributed by atoms with Gasteiger partial charge in [-0.05, 0) is 37.4 Å². The molecule has 84 valence electrons. The Balaban J connectivity index is 2.38. The average molecular weight is 215 g/mol. The van der Waals surface area contributed by atoms with E-state index in [-0.39, 0.29) is 0 Å². The molecule has 2 rings (SSSR count). The molecule has 1 aromatic rings. The van der Waals surface area contributed by atoms with Gasteiger partial charge >= 0.3 is 0 Å². The second kappa shape index (κ2) is 4.58. The Kier molecular flexibility index (Phi) is 3.15. The van der Waals surface area contributed by atoms with Crippen molar-refractivity contribution in [2.24, 2.45) is 9.98 Å². The summed E-state index contributed by atoms with van der Waals surface area (Å²) in [4.78, 5) is 10.4. The van der Waals surface area contributed by atoms with Crippen molar-refractivity contribution >= 4 is 12.6 Å². The summed E-state index contributed by atoms with van der Waals surface area (Å²) in [5, 5.41) is 0. The standard InChI is InChI=1S/C13H17N3/c1-14-13(15-2)11-5-4-10-6-7-16(3)9-12(10)8-11/h4-5,8H,1,6-7,9H2,2-3H3/b15-13-. The normalized spacial score (nSPS) is 17.0. The van der Waals surface area contributed by atoms with Crippen LogP contribution in [0.25, 0.3) is 0 Å². The molecule has 0 aromatic heterocycles. The van der Waals surface area contributed by atoms with Crippen LogP contribution < -0.4 is 0 Å². The van der Waals surface area contributed by atoms with Crippen LogP contribution in [-0.2, 0) is 13.0 Å². The van der Waals surface area contributed by atoms with E-state index in [1.54, 1.807) is 7.05 Å². The number of benzene rings is 1. The van der Waals surface area contributed by atoms with Crippen LogP contribution in [-0.4, -0.2) is 38.1 Å². The number of aliphatic imine (C=N–C) groups is 2. The predicted octanol–water partition coefficient (Wildman–Crippen LogP) is 1.75. The van der Waals surface area contributed by atoms with E-state index in [0.717, 1.165) is 30.9 Å². The van der Waals surface area contributed by atoms with Gasteiger partial charge in [0.05, 0.1) is 0 Å². The number of hydrogen-bond donors (Lipinski definition) is 0. The van der Waals surface area contributed by atoms with Crippen LogP contribution in [0.1, 0.15) is 16.7 Å². The Labute approximate surface area is 96.5 Å². The Morgan fingerprint density at radius 3 is 2.88 bits per heavy atom. The second-order valence-corrected chi connectivity index (χ2v) is 4.18. The van der Waals surface area contributed by atoms with Gasteiger partial charge in [0, 0.05) is 25.7 Å². The number of nitrogens with zero attached hydrogens (tertiary/aromatic N) is 3. The lowest BCUT2D eigenvalue weighted by molar-refractivity contribution is 0.313. The van der Waals surface area contributed by atoms with Crippen molar-refractivity contribution in [3.63, 3.8) is 0 Å². The van der Waals surface area contributed by atoms with Crippen molar-refractivity contribution in [3.8, 4) is 0 Å². The molecule has 1 aliphatic rings. The molecule has 0 fully saturated rings. The van der Waals surface area contributed by atoms with Gasteiger partial charge in [-0.15, -0.1) is 0 Å². The van der Waals surface area contributed by atoms with E-state index in [1.165, 1.54) is 11.1 Å². The molecule has 0 saturated carbocycles. The monoisotopic (exact) mass is 215 g/mol. The highest BCUT2D eigenvalue weighted by Gasteiger charge is 2.14. The van der Waals surface area contributed by atoms with Crippen molar-refractivity contribution in [2.75, 3.05) is 20.6 Å². The van der Waals surface area contributed by atoms with Crippen LogP contribution in [0.3, 0.4) is 0 Å². The van der Waals surface area contributed by atoms with E-state index in [0.29, 0.717) is 0 Å². The van der Waals surface area contributed by atoms with Gasteiger partial charge in [0.15, 0.2) is 5.84 Å². The summed E-state index contributed by atoms with van der Waals surface area (Å²) in [6.07, 6.45) is 1.13. The minimum atomic E-state index is 0.719. The van der Waals surface area contributed by atoms with E-state index in [9.17, 15) is 0 Å². The highest BCUT2D eigenvalue weighted by molar-refractivity contribution is 6.01. The summed E-state index contributed by atoms with van der Waals surface area (Å²) in [6.45, 7) is 5.69. The van der Waals surface area contributed by atoms with Crippen molar-refractivity contribution in [1.82, 2.24) is 4.90 Å². The Morgan fingerprint density at radius 2 is 2.19 bits per heavy atom. The van der Waals surface area contributed by atoms with Gasteiger partial charge in [0.1, 0.15) is 0 Å². The van der Waals surface area contributed by atoms with Gasteiger partial charge in [-0.1, -0.05) is 12.1 Å². The maximum atomic E-state index is 4.12. The highest BCUT2D eigenvalue weighted by atomic mass is 15.1. The Hall–Kier alpha value is -1.48. The van der Waals surface area contributed by atoms with Gasteiger partial charge in [0.25, 0.3) is 0 Å². The second-order valence-electron chi connectivity index (χ2n) is 4.18. The molecular weight excluding hydrogens is 198 g/mol. The quantitative estimate of drug-likeness (QED) is 0.518. The summed E-state index contributed by atoms with van der Waals surface area (Å²) in [7, 11) is 3.89.